The van der Waals surface area contributed by atoms with Crippen molar-refractivity contribution in [1.29, 1.82) is 0 Å². The van der Waals surface area contributed by atoms with Gasteiger partial charge >= 0.3 is 0 Å². The largest absolute Gasteiger partial charge is 0.456 e. The summed E-state index contributed by atoms with van der Waals surface area (Å²) < 4.78 is 13.2. The second-order valence-electron chi connectivity index (χ2n) is 15.3. The molecule has 0 aliphatic heterocycles. The topological polar surface area (TPSA) is 29.5 Å². The molecule has 276 valence electrons. The highest BCUT2D eigenvalue weighted by atomic mass is 16.3. The van der Waals surface area contributed by atoms with Crippen LogP contribution in [0, 0.1) is 0 Å². The standard InChI is InChI=1S/C56H35NO2/c1-2-10-38(11-3-1)47-15-8-16-50-51-17-9-18-52(56(51)59-55(47)50)57(44-30-24-37(25-31-44)41-27-33-49-48-14-6-7-19-53(48)58-54(49)35-41)43-28-22-36(23-29-43)40-26-32-46-42(34-40)21-20-39-12-4-5-13-45(39)46/h1-35H. The summed E-state index contributed by atoms with van der Waals surface area (Å²) >= 11 is 0. The van der Waals surface area contributed by atoms with Gasteiger partial charge in [0.15, 0.2) is 5.58 Å². The Kier molecular flexibility index (Phi) is 7.54. The van der Waals surface area contributed by atoms with Crippen molar-refractivity contribution in [3.8, 4) is 33.4 Å². The Morgan fingerprint density at radius 1 is 0.288 bits per heavy atom. The van der Waals surface area contributed by atoms with E-state index >= 15 is 0 Å². The molecule has 3 nitrogen and oxygen atoms in total. The summed E-state index contributed by atoms with van der Waals surface area (Å²) in [5.74, 6) is 0. The van der Waals surface area contributed by atoms with Gasteiger partial charge in [-0.1, -0.05) is 158 Å². The smallest absolute Gasteiger partial charge is 0.159 e. The van der Waals surface area contributed by atoms with Crippen molar-refractivity contribution in [3.05, 3.63) is 212 Å². The first-order valence-corrected chi connectivity index (χ1v) is 20.1. The molecule has 0 saturated heterocycles. The molecule has 0 N–H and O–H groups in total. The van der Waals surface area contributed by atoms with E-state index in [9.17, 15) is 0 Å². The molecule has 0 fully saturated rings. The molecule has 0 amide bonds. The van der Waals surface area contributed by atoms with Crippen molar-refractivity contribution in [2.24, 2.45) is 0 Å². The Morgan fingerprint density at radius 3 is 1.63 bits per heavy atom. The summed E-state index contributed by atoms with van der Waals surface area (Å²) in [5.41, 5.74) is 13.3. The van der Waals surface area contributed by atoms with Crippen molar-refractivity contribution >= 4 is 82.5 Å². The Bertz CT molecular complexity index is 3540. The lowest BCUT2D eigenvalue weighted by atomic mass is 9.97. The number of furan rings is 2. The number of hydrogen-bond acceptors (Lipinski definition) is 3. The van der Waals surface area contributed by atoms with E-state index in [0.29, 0.717) is 0 Å². The maximum absolute atomic E-state index is 6.96. The van der Waals surface area contributed by atoms with Gasteiger partial charge in [0.1, 0.15) is 16.7 Å². The van der Waals surface area contributed by atoms with E-state index in [1.165, 1.54) is 27.1 Å². The highest BCUT2D eigenvalue weighted by molar-refractivity contribution is 6.14. The predicted molar refractivity (Wildman–Crippen MR) is 247 cm³/mol. The molecular weight excluding hydrogens is 719 g/mol. The first kappa shape index (κ1) is 33.3. The quantitative estimate of drug-likeness (QED) is 0.158. The fourth-order valence-corrected chi connectivity index (χ4v) is 8.96. The molecule has 0 unspecified atom stereocenters. The van der Waals surface area contributed by atoms with Crippen molar-refractivity contribution < 1.29 is 8.83 Å². The van der Waals surface area contributed by atoms with E-state index < -0.39 is 0 Å². The van der Waals surface area contributed by atoms with Crippen LogP contribution in [-0.4, -0.2) is 0 Å². The fraction of sp³-hybridized carbons (Fsp3) is 0. The van der Waals surface area contributed by atoms with Crippen molar-refractivity contribution in [2.75, 3.05) is 4.90 Å². The second kappa shape index (κ2) is 13.4. The minimum atomic E-state index is 0.844. The number of benzene rings is 10. The molecule has 0 aliphatic carbocycles. The third-order valence-corrected chi connectivity index (χ3v) is 11.9. The third kappa shape index (κ3) is 5.51. The molecule has 0 spiro atoms. The lowest BCUT2D eigenvalue weighted by Gasteiger charge is -2.26. The van der Waals surface area contributed by atoms with Crippen LogP contribution in [0.1, 0.15) is 0 Å². The van der Waals surface area contributed by atoms with Crippen LogP contribution in [0.25, 0.3) is 98.8 Å². The molecule has 3 heteroatoms. The number of nitrogens with zero attached hydrogens (tertiary/aromatic N) is 1. The van der Waals surface area contributed by atoms with Gasteiger partial charge in [-0.05, 0) is 104 Å². The monoisotopic (exact) mass is 753 g/mol. The van der Waals surface area contributed by atoms with Gasteiger partial charge in [-0.25, -0.2) is 0 Å². The molecule has 12 rings (SSSR count). The van der Waals surface area contributed by atoms with E-state index in [-0.39, 0.29) is 0 Å². The predicted octanol–water partition coefficient (Wildman–Crippen LogP) is 16.3. The molecule has 0 aliphatic rings. The Hall–Kier alpha value is -7.88. The molecule has 0 atom stereocenters. The van der Waals surface area contributed by atoms with E-state index in [4.69, 9.17) is 8.83 Å². The van der Waals surface area contributed by atoms with Gasteiger partial charge in [-0.3, -0.25) is 0 Å². The van der Waals surface area contributed by atoms with Crippen LogP contribution in [0.2, 0.25) is 0 Å². The average Bonchev–Trinajstić information content (AvgIpc) is 3.88. The molecule has 0 saturated carbocycles. The van der Waals surface area contributed by atoms with Gasteiger partial charge in [0, 0.05) is 38.5 Å². The zero-order valence-electron chi connectivity index (χ0n) is 32.0. The van der Waals surface area contributed by atoms with Crippen molar-refractivity contribution in [3.63, 3.8) is 0 Å². The van der Waals surface area contributed by atoms with Gasteiger partial charge in [0.2, 0.25) is 0 Å². The van der Waals surface area contributed by atoms with Crippen LogP contribution in [0.4, 0.5) is 17.1 Å². The van der Waals surface area contributed by atoms with Gasteiger partial charge in [0.25, 0.3) is 0 Å². The Balaban J connectivity index is 0.983. The summed E-state index contributed by atoms with van der Waals surface area (Å²) in [5, 5.41) is 9.48. The van der Waals surface area contributed by atoms with Crippen LogP contribution in [0.15, 0.2) is 221 Å². The Labute approximate surface area is 340 Å². The van der Waals surface area contributed by atoms with E-state index in [1.54, 1.807) is 0 Å². The van der Waals surface area contributed by atoms with Crippen molar-refractivity contribution in [1.82, 2.24) is 0 Å². The Morgan fingerprint density at radius 2 is 0.847 bits per heavy atom. The second-order valence-corrected chi connectivity index (χ2v) is 15.3. The first-order chi connectivity index (χ1) is 29.2. The van der Waals surface area contributed by atoms with Gasteiger partial charge < -0.3 is 13.7 Å². The lowest BCUT2D eigenvalue weighted by molar-refractivity contribution is 0.669. The molecule has 10 aromatic carbocycles. The van der Waals surface area contributed by atoms with Gasteiger partial charge in [-0.15, -0.1) is 0 Å². The zero-order valence-corrected chi connectivity index (χ0v) is 32.0. The molecule has 2 aromatic heterocycles. The summed E-state index contributed by atoms with van der Waals surface area (Å²) in [6.45, 7) is 0. The number of anilines is 3. The highest BCUT2D eigenvalue weighted by Gasteiger charge is 2.21. The van der Waals surface area contributed by atoms with E-state index in [1.807, 2.05) is 18.2 Å². The maximum atomic E-state index is 6.96. The summed E-state index contributed by atoms with van der Waals surface area (Å²) in [7, 11) is 0. The van der Waals surface area contributed by atoms with Crippen molar-refractivity contribution in [2.45, 2.75) is 0 Å². The molecule has 59 heavy (non-hydrogen) atoms. The van der Waals surface area contributed by atoms with Gasteiger partial charge in [-0.2, -0.15) is 0 Å². The molecule has 0 bridgehead atoms. The third-order valence-electron chi connectivity index (χ3n) is 11.9. The minimum absolute atomic E-state index is 0.844. The zero-order chi connectivity index (χ0) is 38.9. The summed E-state index contributed by atoms with van der Waals surface area (Å²) in [4.78, 5) is 2.31. The van der Waals surface area contributed by atoms with E-state index in [2.05, 4.69) is 199 Å². The molecule has 2 heterocycles. The van der Waals surface area contributed by atoms with Crippen LogP contribution < -0.4 is 4.90 Å². The van der Waals surface area contributed by atoms with Crippen LogP contribution in [0.3, 0.4) is 0 Å². The SMILES string of the molecule is c1ccc(-c2cccc3c2oc2c(N(c4ccc(-c5ccc6c(ccc7ccccc76)c5)cc4)c4ccc(-c5ccc6c(c5)oc5ccccc56)cc4)cccc23)cc1. The van der Waals surface area contributed by atoms with Gasteiger partial charge in [0.05, 0.1) is 5.69 Å². The summed E-state index contributed by atoms with van der Waals surface area (Å²) in [6, 6.07) is 75.7. The summed E-state index contributed by atoms with van der Waals surface area (Å²) in [6.07, 6.45) is 0. The highest BCUT2D eigenvalue weighted by Crippen LogP contribution is 2.45. The van der Waals surface area contributed by atoms with Crippen LogP contribution >= 0.6 is 0 Å². The molecular formula is C56H35NO2. The minimum Gasteiger partial charge on any atom is -0.456 e. The number of rotatable bonds is 6. The first-order valence-electron chi connectivity index (χ1n) is 20.1. The van der Waals surface area contributed by atoms with Crippen LogP contribution in [0.5, 0.6) is 0 Å². The fourth-order valence-electron chi connectivity index (χ4n) is 8.96. The van der Waals surface area contributed by atoms with Crippen LogP contribution in [-0.2, 0) is 0 Å². The number of fused-ring (bicyclic) bond motifs is 9. The molecule has 12 aromatic rings. The van der Waals surface area contributed by atoms with E-state index in [0.717, 1.165) is 88.8 Å². The normalized spacial score (nSPS) is 11.7. The number of para-hydroxylation sites is 3. The lowest BCUT2D eigenvalue weighted by Crippen LogP contribution is -2.10. The molecule has 0 radical (unpaired) electrons. The number of hydrogen-bond donors (Lipinski definition) is 0. The average molecular weight is 754 g/mol. The maximum Gasteiger partial charge on any atom is 0.159 e.